The minimum absolute atomic E-state index is 0.303. The second-order valence-corrected chi connectivity index (χ2v) is 4.80. The third kappa shape index (κ3) is 2.94. The van der Waals surface area contributed by atoms with E-state index in [1.165, 1.54) is 0 Å². The first kappa shape index (κ1) is 12.5. The van der Waals surface area contributed by atoms with Gasteiger partial charge in [0.1, 0.15) is 6.10 Å². The van der Waals surface area contributed by atoms with Gasteiger partial charge in [0.2, 0.25) is 0 Å². The number of alkyl halides is 1. The largest absolute Gasteiger partial charge is 0.389 e. The fourth-order valence-corrected chi connectivity index (χ4v) is 2.00. The van der Waals surface area contributed by atoms with Crippen molar-refractivity contribution >= 4 is 43.5 Å². The molecule has 1 aromatic rings. The lowest BCUT2D eigenvalue weighted by Crippen LogP contribution is -2.19. The van der Waals surface area contributed by atoms with E-state index in [9.17, 15) is 10.2 Å². The van der Waals surface area contributed by atoms with Crippen LogP contribution in [0.5, 0.6) is 0 Å². The fraction of sp³-hybridized carbons (Fsp3) is 0.333. The molecule has 0 fully saturated rings. The summed E-state index contributed by atoms with van der Waals surface area (Å²) in [6.45, 7) is 0. The van der Waals surface area contributed by atoms with Gasteiger partial charge in [-0.3, -0.25) is 0 Å². The molecule has 0 saturated carbocycles. The third-order valence-corrected chi connectivity index (χ3v) is 3.30. The molecule has 5 heteroatoms. The van der Waals surface area contributed by atoms with E-state index >= 15 is 0 Å². The monoisotopic (exact) mass is 342 g/mol. The topological polar surface area (TPSA) is 40.5 Å². The lowest BCUT2D eigenvalue weighted by molar-refractivity contribution is 0.0343. The predicted molar refractivity (Wildman–Crippen MR) is 63.9 cm³/mol. The molecule has 2 unspecified atom stereocenters. The number of halogens is 3. The highest BCUT2D eigenvalue weighted by molar-refractivity contribution is 9.10. The Kier molecular flexibility index (Phi) is 4.87. The standard InChI is InChI=1S/C9H9Br2ClO2/c10-4-8(13)9(14)6-3-5(11)1-2-7(6)12/h1-3,8-9,13-14H,4H2. The van der Waals surface area contributed by atoms with Crippen molar-refractivity contribution in [3.63, 3.8) is 0 Å². The highest BCUT2D eigenvalue weighted by Crippen LogP contribution is 2.28. The molecule has 0 saturated heterocycles. The van der Waals surface area contributed by atoms with Gasteiger partial charge in [0, 0.05) is 20.4 Å². The number of hydrogen-bond acceptors (Lipinski definition) is 2. The SMILES string of the molecule is OC(CBr)C(O)c1cc(Br)ccc1Cl. The van der Waals surface area contributed by atoms with E-state index in [4.69, 9.17) is 11.6 Å². The van der Waals surface area contributed by atoms with Crippen molar-refractivity contribution in [2.24, 2.45) is 0 Å². The number of aliphatic hydroxyl groups is 2. The zero-order valence-electron chi connectivity index (χ0n) is 7.12. The Morgan fingerprint density at radius 1 is 1.36 bits per heavy atom. The first-order chi connectivity index (χ1) is 6.56. The summed E-state index contributed by atoms with van der Waals surface area (Å²) in [6.07, 6.45) is -1.83. The summed E-state index contributed by atoms with van der Waals surface area (Å²) in [4.78, 5) is 0. The number of hydrogen-bond donors (Lipinski definition) is 2. The van der Waals surface area contributed by atoms with Gasteiger partial charge in [-0.2, -0.15) is 0 Å². The van der Waals surface area contributed by atoms with Crippen molar-refractivity contribution in [1.82, 2.24) is 0 Å². The van der Waals surface area contributed by atoms with Crippen LogP contribution in [0.3, 0.4) is 0 Å². The van der Waals surface area contributed by atoms with Gasteiger partial charge in [-0.25, -0.2) is 0 Å². The quantitative estimate of drug-likeness (QED) is 0.828. The van der Waals surface area contributed by atoms with Crippen LogP contribution in [-0.4, -0.2) is 21.6 Å². The maximum atomic E-state index is 9.71. The van der Waals surface area contributed by atoms with Gasteiger partial charge in [-0.05, 0) is 18.2 Å². The van der Waals surface area contributed by atoms with Gasteiger partial charge >= 0.3 is 0 Å². The van der Waals surface area contributed by atoms with Crippen LogP contribution < -0.4 is 0 Å². The van der Waals surface area contributed by atoms with Crippen LogP contribution in [0.2, 0.25) is 5.02 Å². The molecule has 0 radical (unpaired) electrons. The third-order valence-electron chi connectivity index (χ3n) is 1.80. The lowest BCUT2D eigenvalue weighted by Gasteiger charge is -2.17. The molecular weight excluding hydrogens is 335 g/mol. The number of rotatable bonds is 3. The van der Waals surface area contributed by atoms with E-state index in [1.807, 2.05) is 0 Å². The first-order valence-electron chi connectivity index (χ1n) is 3.93. The summed E-state index contributed by atoms with van der Waals surface area (Å²) < 4.78 is 0.817. The summed E-state index contributed by atoms with van der Waals surface area (Å²) in [5.41, 5.74) is 0.521. The summed E-state index contributed by atoms with van der Waals surface area (Å²) in [5.74, 6) is 0. The Morgan fingerprint density at radius 3 is 2.57 bits per heavy atom. The van der Waals surface area contributed by atoms with Crippen LogP contribution in [-0.2, 0) is 0 Å². The van der Waals surface area contributed by atoms with Crippen molar-refractivity contribution in [2.75, 3.05) is 5.33 Å². The van der Waals surface area contributed by atoms with Crippen molar-refractivity contribution in [3.8, 4) is 0 Å². The summed E-state index contributed by atoms with van der Waals surface area (Å²) in [6, 6.07) is 5.14. The van der Waals surface area contributed by atoms with Crippen LogP contribution >= 0.6 is 43.5 Å². The molecule has 0 bridgehead atoms. The van der Waals surface area contributed by atoms with Gasteiger partial charge in [0.15, 0.2) is 0 Å². The molecule has 0 aliphatic heterocycles. The van der Waals surface area contributed by atoms with E-state index in [0.717, 1.165) is 4.47 Å². The Labute approximate surface area is 104 Å². The molecular formula is C9H9Br2ClO2. The average molecular weight is 344 g/mol. The second-order valence-electron chi connectivity index (χ2n) is 2.83. The molecule has 1 aromatic carbocycles. The van der Waals surface area contributed by atoms with E-state index in [1.54, 1.807) is 18.2 Å². The molecule has 1 rings (SSSR count). The highest BCUT2D eigenvalue weighted by atomic mass is 79.9. The van der Waals surface area contributed by atoms with E-state index in [2.05, 4.69) is 31.9 Å². The molecule has 78 valence electrons. The van der Waals surface area contributed by atoms with Crippen molar-refractivity contribution < 1.29 is 10.2 Å². The normalized spacial score (nSPS) is 15.2. The molecule has 2 atom stereocenters. The maximum absolute atomic E-state index is 9.71. The summed E-state index contributed by atoms with van der Waals surface area (Å²) >= 11 is 12.2. The van der Waals surface area contributed by atoms with Crippen molar-refractivity contribution in [3.05, 3.63) is 33.3 Å². The minimum atomic E-state index is -0.973. The highest BCUT2D eigenvalue weighted by Gasteiger charge is 2.19. The van der Waals surface area contributed by atoms with Crippen LogP contribution in [0.4, 0.5) is 0 Å². The Morgan fingerprint density at radius 2 is 2.00 bits per heavy atom. The van der Waals surface area contributed by atoms with E-state index in [0.29, 0.717) is 15.9 Å². The molecule has 0 spiro atoms. The van der Waals surface area contributed by atoms with Crippen molar-refractivity contribution in [1.29, 1.82) is 0 Å². The first-order valence-corrected chi connectivity index (χ1v) is 6.22. The molecule has 0 amide bonds. The van der Waals surface area contributed by atoms with Gasteiger partial charge in [-0.1, -0.05) is 43.5 Å². The average Bonchev–Trinajstić information content (AvgIpc) is 2.19. The van der Waals surface area contributed by atoms with Crippen LogP contribution in [0.1, 0.15) is 11.7 Å². The summed E-state index contributed by atoms with van der Waals surface area (Å²) in [7, 11) is 0. The van der Waals surface area contributed by atoms with Crippen molar-refractivity contribution in [2.45, 2.75) is 12.2 Å². The van der Waals surface area contributed by atoms with Gasteiger partial charge in [0.05, 0.1) is 6.10 Å². The zero-order valence-corrected chi connectivity index (χ0v) is 11.1. The van der Waals surface area contributed by atoms with E-state index in [-0.39, 0.29) is 0 Å². The molecule has 2 nitrogen and oxygen atoms in total. The molecule has 14 heavy (non-hydrogen) atoms. The smallest absolute Gasteiger partial charge is 0.107 e. The summed E-state index contributed by atoms with van der Waals surface area (Å²) in [5, 5.41) is 19.9. The van der Waals surface area contributed by atoms with Crippen LogP contribution in [0.25, 0.3) is 0 Å². The Bertz CT molecular complexity index is 320. The van der Waals surface area contributed by atoms with Gasteiger partial charge < -0.3 is 10.2 Å². The number of aliphatic hydroxyl groups excluding tert-OH is 2. The molecule has 0 heterocycles. The van der Waals surface area contributed by atoms with Crippen LogP contribution in [0.15, 0.2) is 22.7 Å². The molecule has 0 aromatic heterocycles. The molecule has 0 aliphatic rings. The van der Waals surface area contributed by atoms with Crippen LogP contribution in [0, 0.1) is 0 Å². The van der Waals surface area contributed by atoms with Gasteiger partial charge in [0.25, 0.3) is 0 Å². The fourth-order valence-electron chi connectivity index (χ4n) is 1.03. The molecule has 2 N–H and O–H groups in total. The molecule has 0 aliphatic carbocycles. The second kappa shape index (κ2) is 5.47. The lowest BCUT2D eigenvalue weighted by atomic mass is 10.1. The predicted octanol–water partition coefficient (Wildman–Crippen LogP) is 2.89. The zero-order chi connectivity index (χ0) is 10.7. The maximum Gasteiger partial charge on any atom is 0.107 e. The number of benzene rings is 1. The van der Waals surface area contributed by atoms with Gasteiger partial charge in [-0.15, -0.1) is 0 Å². The van der Waals surface area contributed by atoms with E-state index < -0.39 is 12.2 Å². The Balaban J connectivity index is 2.99. The Hall–Kier alpha value is 0.390. The minimum Gasteiger partial charge on any atom is -0.389 e.